The van der Waals surface area contributed by atoms with E-state index >= 15 is 0 Å². The molecule has 2 heterocycles. The van der Waals surface area contributed by atoms with Crippen LogP contribution in [0.5, 0.6) is 0 Å². The Balaban J connectivity index is 2.48. The second-order valence-electron chi connectivity index (χ2n) is 2.56. The van der Waals surface area contributed by atoms with Crippen molar-refractivity contribution >= 4 is 12.4 Å². The topological polar surface area (TPSA) is 30.2 Å². The molecule has 0 amide bonds. The molecule has 1 unspecified atom stereocenters. The van der Waals surface area contributed by atoms with Crippen LogP contribution in [0.1, 0.15) is 12.7 Å². The number of hydrogen-bond acceptors (Lipinski definition) is 2. The van der Waals surface area contributed by atoms with Crippen molar-refractivity contribution < 1.29 is 0 Å². The fourth-order valence-electron chi connectivity index (χ4n) is 1.00. The molecule has 11 heavy (non-hydrogen) atoms. The zero-order valence-electron chi connectivity index (χ0n) is 6.31. The minimum absolute atomic E-state index is 0.261. The average Bonchev–Trinajstić information content (AvgIpc) is 2.38. The highest BCUT2D eigenvalue weighted by Crippen LogP contribution is 2.04. The summed E-state index contributed by atoms with van der Waals surface area (Å²) in [6.07, 6.45) is 9.47. The molecule has 1 atom stereocenters. The maximum atomic E-state index is 4.25. The van der Waals surface area contributed by atoms with Crippen molar-refractivity contribution in [2.45, 2.75) is 13.0 Å². The summed E-state index contributed by atoms with van der Waals surface area (Å²) in [5.41, 5.74) is 0. The monoisotopic (exact) mass is 147 g/mol. The molecule has 0 aliphatic carbocycles. The number of hydrogen-bond donors (Lipinski definition) is 0. The van der Waals surface area contributed by atoms with Gasteiger partial charge in [-0.25, -0.2) is 4.98 Å². The van der Waals surface area contributed by atoms with E-state index in [1.165, 1.54) is 0 Å². The van der Waals surface area contributed by atoms with Crippen LogP contribution in [0.25, 0.3) is 6.08 Å². The van der Waals surface area contributed by atoms with Gasteiger partial charge in [0.1, 0.15) is 5.82 Å². The molecule has 1 aliphatic heterocycles. The minimum Gasteiger partial charge on any atom is -0.291 e. The molecule has 0 spiro atoms. The van der Waals surface area contributed by atoms with Crippen LogP contribution in [-0.4, -0.2) is 21.9 Å². The molecular formula is C8H9N3. The molecule has 3 nitrogen and oxygen atoms in total. The van der Waals surface area contributed by atoms with Crippen LogP contribution in [0.4, 0.5) is 0 Å². The predicted octanol–water partition coefficient (Wildman–Crippen LogP) is 1.17. The average molecular weight is 147 g/mol. The Morgan fingerprint density at radius 3 is 3.36 bits per heavy atom. The molecule has 0 radical (unpaired) electrons. The molecule has 56 valence electrons. The second kappa shape index (κ2) is 2.34. The van der Waals surface area contributed by atoms with Crippen molar-refractivity contribution in [3.8, 4) is 0 Å². The lowest BCUT2D eigenvalue weighted by Crippen LogP contribution is -1.96. The third-order valence-corrected chi connectivity index (χ3v) is 1.65. The summed E-state index contributed by atoms with van der Waals surface area (Å²) in [6, 6.07) is 0.261. The summed E-state index contributed by atoms with van der Waals surface area (Å²) >= 11 is 0. The fourth-order valence-corrected chi connectivity index (χ4v) is 1.00. The molecule has 0 aromatic carbocycles. The van der Waals surface area contributed by atoms with Crippen LogP contribution in [0.2, 0.25) is 0 Å². The lowest BCUT2D eigenvalue weighted by molar-refractivity contribution is 0.932. The summed E-state index contributed by atoms with van der Waals surface area (Å²) in [7, 11) is 0. The van der Waals surface area contributed by atoms with Crippen molar-refractivity contribution in [3.05, 3.63) is 24.3 Å². The molecule has 0 bridgehead atoms. The van der Waals surface area contributed by atoms with E-state index < -0.39 is 0 Å². The van der Waals surface area contributed by atoms with E-state index in [9.17, 15) is 0 Å². The molecule has 1 aliphatic rings. The van der Waals surface area contributed by atoms with Crippen LogP contribution < -0.4 is 0 Å². The Kier molecular flexibility index (Phi) is 1.35. The van der Waals surface area contributed by atoms with Crippen LogP contribution in [-0.2, 0) is 0 Å². The highest BCUT2D eigenvalue weighted by Gasteiger charge is 2.00. The van der Waals surface area contributed by atoms with Crippen molar-refractivity contribution in [2.75, 3.05) is 0 Å². The van der Waals surface area contributed by atoms with E-state index in [2.05, 4.69) is 9.98 Å². The highest BCUT2D eigenvalue weighted by molar-refractivity contribution is 5.65. The summed E-state index contributed by atoms with van der Waals surface area (Å²) in [6.45, 7) is 2.04. The molecule has 1 aromatic heterocycles. The first-order valence-electron chi connectivity index (χ1n) is 3.60. The predicted molar refractivity (Wildman–Crippen MR) is 44.6 cm³/mol. The van der Waals surface area contributed by atoms with Crippen LogP contribution in [0.15, 0.2) is 23.5 Å². The Labute approximate surface area is 65.1 Å². The first kappa shape index (κ1) is 6.34. The SMILES string of the molecule is CC1C=Cc2nccn2C=N1. The molecule has 0 saturated carbocycles. The molecule has 1 aromatic rings. The number of imidazole rings is 1. The number of aliphatic imine (C=N–C) groups is 1. The molecule has 0 N–H and O–H groups in total. The minimum atomic E-state index is 0.261. The van der Waals surface area contributed by atoms with Gasteiger partial charge in [0, 0.05) is 12.4 Å². The summed E-state index contributed by atoms with van der Waals surface area (Å²) in [5, 5.41) is 0. The zero-order chi connectivity index (χ0) is 7.68. The van der Waals surface area contributed by atoms with Crippen molar-refractivity contribution in [1.82, 2.24) is 9.55 Å². The molecule has 3 heteroatoms. The Morgan fingerprint density at radius 2 is 2.45 bits per heavy atom. The smallest absolute Gasteiger partial charge is 0.137 e. The van der Waals surface area contributed by atoms with E-state index in [1.54, 1.807) is 12.5 Å². The highest BCUT2D eigenvalue weighted by atomic mass is 15.1. The maximum absolute atomic E-state index is 4.25. The molecule has 0 saturated heterocycles. The maximum Gasteiger partial charge on any atom is 0.137 e. The lowest BCUT2D eigenvalue weighted by Gasteiger charge is -1.92. The van der Waals surface area contributed by atoms with Gasteiger partial charge < -0.3 is 0 Å². The van der Waals surface area contributed by atoms with E-state index in [1.807, 2.05) is 29.8 Å². The quantitative estimate of drug-likeness (QED) is 0.542. The van der Waals surface area contributed by atoms with Gasteiger partial charge in [-0.3, -0.25) is 9.56 Å². The standard InChI is InChI=1S/C8H9N3/c1-7-2-3-8-9-4-5-11(8)6-10-7/h2-7H,1H3. The van der Waals surface area contributed by atoms with Crippen molar-refractivity contribution in [3.63, 3.8) is 0 Å². The van der Waals surface area contributed by atoms with Gasteiger partial charge in [0.15, 0.2) is 0 Å². The van der Waals surface area contributed by atoms with Crippen LogP contribution in [0.3, 0.4) is 0 Å². The Morgan fingerprint density at radius 1 is 1.55 bits per heavy atom. The molecule has 0 fully saturated rings. The van der Waals surface area contributed by atoms with E-state index in [-0.39, 0.29) is 6.04 Å². The van der Waals surface area contributed by atoms with E-state index in [4.69, 9.17) is 0 Å². The van der Waals surface area contributed by atoms with Gasteiger partial charge in [0.2, 0.25) is 0 Å². The van der Waals surface area contributed by atoms with Crippen LogP contribution >= 0.6 is 0 Å². The Hall–Kier alpha value is -1.38. The third kappa shape index (κ3) is 1.09. The second-order valence-corrected chi connectivity index (χ2v) is 2.56. The zero-order valence-corrected chi connectivity index (χ0v) is 6.31. The summed E-state index contributed by atoms with van der Waals surface area (Å²) in [5.74, 6) is 0.943. The first-order valence-corrected chi connectivity index (χ1v) is 3.60. The third-order valence-electron chi connectivity index (χ3n) is 1.65. The van der Waals surface area contributed by atoms with Gasteiger partial charge in [-0.15, -0.1) is 0 Å². The summed E-state index contributed by atoms with van der Waals surface area (Å²) < 4.78 is 1.90. The number of rotatable bonds is 0. The van der Waals surface area contributed by atoms with E-state index in [0.717, 1.165) is 5.82 Å². The van der Waals surface area contributed by atoms with Gasteiger partial charge >= 0.3 is 0 Å². The molecule has 2 rings (SSSR count). The van der Waals surface area contributed by atoms with Crippen LogP contribution in [0, 0.1) is 0 Å². The van der Waals surface area contributed by atoms with Gasteiger partial charge in [0.25, 0.3) is 0 Å². The van der Waals surface area contributed by atoms with Gasteiger partial charge in [-0.2, -0.15) is 0 Å². The van der Waals surface area contributed by atoms with Crippen molar-refractivity contribution in [1.29, 1.82) is 0 Å². The van der Waals surface area contributed by atoms with Gasteiger partial charge in [-0.05, 0) is 13.0 Å². The fraction of sp³-hybridized carbons (Fsp3) is 0.250. The Bertz CT molecular complexity index is 280. The number of aromatic nitrogens is 2. The number of nitrogens with zero attached hydrogens (tertiary/aromatic N) is 3. The van der Waals surface area contributed by atoms with E-state index in [0.29, 0.717) is 0 Å². The molecular weight excluding hydrogens is 138 g/mol. The van der Waals surface area contributed by atoms with Crippen molar-refractivity contribution in [2.24, 2.45) is 4.99 Å². The number of fused-ring (bicyclic) bond motifs is 1. The largest absolute Gasteiger partial charge is 0.291 e. The normalized spacial score (nSPS) is 21.4. The van der Waals surface area contributed by atoms with Gasteiger partial charge in [0.05, 0.1) is 12.4 Å². The summed E-state index contributed by atoms with van der Waals surface area (Å²) in [4.78, 5) is 8.38. The lowest BCUT2D eigenvalue weighted by atomic mass is 10.3. The first-order chi connectivity index (χ1) is 5.36. The van der Waals surface area contributed by atoms with Gasteiger partial charge in [-0.1, -0.05) is 6.08 Å².